The lowest BCUT2D eigenvalue weighted by atomic mass is 10.1. The maximum absolute atomic E-state index is 13.0. The van der Waals surface area contributed by atoms with Gasteiger partial charge in [-0.1, -0.05) is 23.8 Å². The Morgan fingerprint density at radius 2 is 1.84 bits per heavy atom. The number of aliphatic imine (C=N–C) groups is 1. The molecule has 0 saturated carbocycles. The van der Waals surface area contributed by atoms with Crippen LogP contribution >= 0.6 is 0 Å². The minimum Gasteiger partial charge on any atom is -0.376 e. The molecule has 0 aromatic heterocycles. The predicted octanol–water partition coefficient (Wildman–Crippen LogP) is 3.95. The quantitative estimate of drug-likeness (QED) is 0.503. The number of carbonyl (C=O) groups is 2. The normalized spacial score (nSPS) is 16.1. The number of nitrogens with one attached hydrogen (secondary N) is 3. The van der Waals surface area contributed by atoms with E-state index in [4.69, 9.17) is 4.74 Å². The van der Waals surface area contributed by atoms with Crippen molar-refractivity contribution in [2.24, 2.45) is 4.99 Å². The first-order chi connectivity index (χ1) is 14.8. The Balaban J connectivity index is 1.80. The fourth-order valence-electron chi connectivity index (χ4n) is 3.44. The van der Waals surface area contributed by atoms with Gasteiger partial charge in [-0.15, -0.1) is 0 Å². The van der Waals surface area contributed by atoms with Crippen LogP contribution < -0.4 is 16.0 Å². The minimum absolute atomic E-state index is 0.0681. The summed E-state index contributed by atoms with van der Waals surface area (Å²) in [6, 6.07) is 11.3. The SMILES string of the molecule is CC(=O)Nc1cc(C(=O)NC(=NC[C@@H]2CCCO2)Nc2ccc(C)cc2C)ccc1C. The maximum atomic E-state index is 13.0. The van der Waals surface area contributed by atoms with Crippen molar-refractivity contribution in [2.75, 3.05) is 23.8 Å². The van der Waals surface area contributed by atoms with Gasteiger partial charge in [0.1, 0.15) is 0 Å². The summed E-state index contributed by atoms with van der Waals surface area (Å²) in [5.74, 6) is -0.125. The summed E-state index contributed by atoms with van der Waals surface area (Å²) in [6.45, 7) is 8.59. The van der Waals surface area contributed by atoms with Crippen LogP contribution in [0.3, 0.4) is 0 Å². The Morgan fingerprint density at radius 1 is 1.03 bits per heavy atom. The van der Waals surface area contributed by atoms with Gasteiger partial charge in [-0.3, -0.25) is 14.9 Å². The average Bonchev–Trinajstić information content (AvgIpc) is 3.23. The highest BCUT2D eigenvalue weighted by atomic mass is 16.5. The first-order valence-corrected chi connectivity index (χ1v) is 10.5. The van der Waals surface area contributed by atoms with Crippen LogP contribution in [0.1, 0.15) is 46.8 Å². The summed E-state index contributed by atoms with van der Waals surface area (Å²) in [4.78, 5) is 29.0. The van der Waals surface area contributed by atoms with Crippen molar-refractivity contribution in [3.05, 3.63) is 58.7 Å². The van der Waals surface area contributed by atoms with E-state index in [1.165, 1.54) is 6.92 Å². The monoisotopic (exact) mass is 422 g/mol. The van der Waals surface area contributed by atoms with E-state index in [0.717, 1.165) is 41.8 Å². The molecule has 1 saturated heterocycles. The third kappa shape index (κ3) is 6.39. The number of carbonyl (C=O) groups excluding carboxylic acids is 2. The Morgan fingerprint density at radius 3 is 2.52 bits per heavy atom. The van der Waals surface area contributed by atoms with E-state index in [-0.39, 0.29) is 17.9 Å². The molecule has 7 nitrogen and oxygen atoms in total. The van der Waals surface area contributed by atoms with Crippen LogP contribution in [0.5, 0.6) is 0 Å². The molecule has 0 aliphatic carbocycles. The summed E-state index contributed by atoms with van der Waals surface area (Å²) in [7, 11) is 0. The lowest BCUT2D eigenvalue weighted by molar-refractivity contribution is -0.114. The molecule has 3 rings (SSSR count). The first-order valence-electron chi connectivity index (χ1n) is 10.5. The Hall–Kier alpha value is -3.19. The van der Waals surface area contributed by atoms with Crippen molar-refractivity contribution >= 4 is 29.1 Å². The van der Waals surface area contributed by atoms with Crippen molar-refractivity contribution < 1.29 is 14.3 Å². The molecule has 0 unspecified atom stereocenters. The van der Waals surface area contributed by atoms with E-state index in [9.17, 15) is 9.59 Å². The fraction of sp³-hybridized carbons (Fsp3) is 0.375. The van der Waals surface area contributed by atoms with Crippen molar-refractivity contribution in [3.63, 3.8) is 0 Å². The lowest BCUT2D eigenvalue weighted by Gasteiger charge is -2.16. The zero-order valence-corrected chi connectivity index (χ0v) is 18.5. The van der Waals surface area contributed by atoms with Gasteiger partial charge in [0.25, 0.3) is 5.91 Å². The fourth-order valence-corrected chi connectivity index (χ4v) is 3.44. The molecule has 1 aliphatic heterocycles. The molecule has 3 N–H and O–H groups in total. The van der Waals surface area contributed by atoms with E-state index in [1.54, 1.807) is 18.2 Å². The highest BCUT2D eigenvalue weighted by molar-refractivity contribution is 6.10. The number of aryl methyl sites for hydroxylation is 3. The molecule has 164 valence electrons. The summed E-state index contributed by atoms with van der Waals surface area (Å²) in [5, 5.41) is 8.88. The Kier molecular flexibility index (Phi) is 7.41. The van der Waals surface area contributed by atoms with Gasteiger partial charge in [-0.2, -0.15) is 0 Å². The van der Waals surface area contributed by atoms with Gasteiger partial charge in [0, 0.05) is 30.5 Å². The molecular weight excluding hydrogens is 392 g/mol. The molecule has 2 amide bonds. The van der Waals surface area contributed by atoms with E-state index in [1.807, 2.05) is 32.9 Å². The smallest absolute Gasteiger partial charge is 0.258 e. The molecule has 2 aromatic carbocycles. The molecule has 0 bridgehead atoms. The average molecular weight is 423 g/mol. The number of ether oxygens (including phenoxy) is 1. The third-order valence-electron chi connectivity index (χ3n) is 5.15. The summed E-state index contributed by atoms with van der Waals surface area (Å²) in [5.41, 5.74) is 5.02. The van der Waals surface area contributed by atoms with Crippen LogP contribution in [-0.4, -0.2) is 37.0 Å². The van der Waals surface area contributed by atoms with Crippen molar-refractivity contribution in [1.82, 2.24) is 5.32 Å². The lowest BCUT2D eigenvalue weighted by Crippen LogP contribution is -2.37. The predicted molar refractivity (Wildman–Crippen MR) is 124 cm³/mol. The molecule has 0 spiro atoms. The molecule has 31 heavy (non-hydrogen) atoms. The van der Waals surface area contributed by atoms with Gasteiger partial charge >= 0.3 is 0 Å². The number of hydrogen-bond acceptors (Lipinski definition) is 4. The van der Waals surface area contributed by atoms with Crippen molar-refractivity contribution in [3.8, 4) is 0 Å². The highest BCUT2D eigenvalue weighted by Gasteiger charge is 2.17. The van der Waals surface area contributed by atoms with Gasteiger partial charge in [0.2, 0.25) is 11.9 Å². The van der Waals surface area contributed by atoms with Gasteiger partial charge in [-0.05, 0) is 62.9 Å². The Bertz CT molecular complexity index is 994. The molecule has 1 atom stereocenters. The second-order valence-electron chi connectivity index (χ2n) is 7.93. The van der Waals surface area contributed by atoms with Gasteiger partial charge in [-0.25, -0.2) is 4.99 Å². The molecule has 7 heteroatoms. The van der Waals surface area contributed by atoms with Crippen LogP contribution in [0.4, 0.5) is 11.4 Å². The summed E-state index contributed by atoms with van der Waals surface area (Å²) >= 11 is 0. The van der Waals surface area contributed by atoms with E-state index < -0.39 is 0 Å². The second kappa shape index (κ2) is 10.2. The molecular formula is C24H30N4O3. The number of nitrogens with zero attached hydrogens (tertiary/aromatic N) is 1. The Labute approximate surface area is 183 Å². The molecule has 1 heterocycles. The number of guanidine groups is 1. The van der Waals surface area contributed by atoms with Gasteiger partial charge in [0.15, 0.2) is 0 Å². The number of hydrogen-bond donors (Lipinski definition) is 3. The van der Waals surface area contributed by atoms with Crippen molar-refractivity contribution in [2.45, 2.75) is 46.6 Å². The topological polar surface area (TPSA) is 91.8 Å². The van der Waals surface area contributed by atoms with Crippen LogP contribution in [0.15, 0.2) is 41.4 Å². The largest absolute Gasteiger partial charge is 0.376 e. The van der Waals surface area contributed by atoms with Gasteiger partial charge < -0.3 is 15.4 Å². The number of benzene rings is 2. The van der Waals surface area contributed by atoms with Crippen molar-refractivity contribution in [1.29, 1.82) is 0 Å². The standard InChI is InChI=1S/C24H30N4O3/c1-15-7-10-21(17(3)12-15)27-24(25-14-20-6-5-11-31-20)28-23(30)19-9-8-16(2)22(13-19)26-18(4)29/h7-10,12-13,20H,5-6,11,14H2,1-4H3,(H,26,29)(H2,25,27,28,30)/t20-/m0/s1. The number of rotatable bonds is 5. The maximum Gasteiger partial charge on any atom is 0.258 e. The summed E-state index contributed by atoms with van der Waals surface area (Å²) in [6.07, 6.45) is 2.06. The zero-order chi connectivity index (χ0) is 22.4. The second-order valence-corrected chi connectivity index (χ2v) is 7.93. The first kappa shape index (κ1) is 22.5. The zero-order valence-electron chi connectivity index (χ0n) is 18.5. The highest BCUT2D eigenvalue weighted by Crippen LogP contribution is 2.18. The summed E-state index contributed by atoms with van der Waals surface area (Å²) < 4.78 is 5.66. The number of anilines is 2. The van der Waals surface area contributed by atoms with Crippen LogP contribution in [0.25, 0.3) is 0 Å². The molecule has 1 fully saturated rings. The van der Waals surface area contributed by atoms with Crippen LogP contribution in [0, 0.1) is 20.8 Å². The third-order valence-corrected chi connectivity index (χ3v) is 5.15. The van der Waals surface area contributed by atoms with E-state index in [0.29, 0.717) is 23.8 Å². The van der Waals surface area contributed by atoms with Gasteiger partial charge in [0.05, 0.1) is 12.6 Å². The van der Waals surface area contributed by atoms with Crippen LogP contribution in [-0.2, 0) is 9.53 Å². The molecule has 0 radical (unpaired) electrons. The van der Waals surface area contributed by atoms with E-state index in [2.05, 4.69) is 27.0 Å². The molecule has 1 aliphatic rings. The number of amides is 2. The van der Waals surface area contributed by atoms with E-state index >= 15 is 0 Å². The molecule has 2 aromatic rings. The van der Waals surface area contributed by atoms with Crippen LogP contribution in [0.2, 0.25) is 0 Å². The minimum atomic E-state index is -0.310.